The van der Waals surface area contributed by atoms with Crippen LogP contribution in [0.25, 0.3) is 11.1 Å². The Hall–Kier alpha value is -3.34. The van der Waals surface area contributed by atoms with Crippen LogP contribution in [0.15, 0.2) is 67.0 Å². The normalized spacial score (nSPS) is 12.9. The predicted octanol–water partition coefficient (Wildman–Crippen LogP) is 3.84. The molecule has 0 spiro atoms. The number of carbonyl (C=O) groups is 1. The predicted molar refractivity (Wildman–Crippen MR) is 103 cm³/mol. The second kappa shape index (κ2) is 7.91. The van der Waals surface area contributed by atoms with E-state index >= 15 is 0 Å². The second-order valence-electron chi connectivity index (χ2n) is 6.29. The lowest BCUT2D eigenvalue weighted by molar-refractivity contribution is 0.0950. The maximum Gasteiger partial charge on any atom is 0.251 e. The molecule has 0 atom stereocenters. The third-order valence-corrected chi connectivity index (χ3v) is 4.45. The number of rotatable bonds is 4. The number of pyridine rings is 1. The Labute approximate surface area is 158 Å². The first kappa shape index (κ1) is 17.1. The average molecular weight is 360 g/mol. The molecule has 1 amide bonds. The standard InChI is InChI=1S/C22H20N2O3/c25-22(18-7-5-16(6-8-18)17-9-11-23-12-10-17)24-15-19-3-1-4-20-21(19)27-14-2-13-26-20/h1,3-12H,2,13-15H2,(H,24,25). The molecule has 0 saturated carbocycles. The largest absolute Gasteiger partial charge is 0.490 e. The molecule has 5 heteroatoms. The SMILES string of the molecule is O=C(NCc1cccc2c1OCCCO2)c1ccc(-c2ccncc2)cc1. The maximum atomic E-state index is 12.5. The molecule has 5 nitrogen and oxygen atoms in total. The van der Waals surface area contributed by atoms with Crippen molar-refractivity contribution in [2.45, 2.75) is 13.0 Å². The summed E-state index contributed by atoms with van der Waals surface area (Å²) in [5.74, 6) is 1.34. The minimum absolute atomic E-state index is 0.122. The van der Waals surface area contributed by atoms with Gasteiger partial charge in [0.15, 0.2) is 11.5 Å². The summed E-state index contributed by atoms with van der Waals surface area (Å²) in [6, 6.07) is 17.2. The molecule has 1 aliphatic rings. The number of nitrogens with zero attached hydrogens (tertiary/aromatic N) is 1. The first-order valence-electron chi connectivity index (χ1n) is 8.97. The number of hydrogen-bond donors (Lipinski definition) is 1. The van der Waals surface area contributed by atoms with E-state index in [0.717, 1.165) is 34.6 Å². The van der Waals surface area contributed by atoms with Gasteiger partial charge in [0.05, 0.1) is 13.2 Å². The third-order valence-electron chi connectivity index (χ3n) is 4.45. The molecular formula is C22H20N2O3. The van der Waals surface area contributed by atoms with Crippen LogP contribution < -0.4 is 14.8 Å². The minimum Gasteiger partial charge on any atom is -0.490 e. The molecule has 2 aromatic carbocycles. The van der Waals surface area contributed by atoms with Gasteiger partial charge in [-0.15, -0.1) is 0 Å². The van der Waals surface area contributed by atoms with Gasteiger partial charge < -0.3 is 14.8 Å². The van der Waals surface area contributed by atoms with Crippen molar-refractivity contribution in [2.24, 2.45) is 0 Å². The van der Waals surface area contributed by atoms with Gasteiger partial charge in [-0.1, -0.05) is 24.3 Å². The fourth-order valence-corrected chi connectivity index (χ4v) is 3.03. The zero-order chi connectivity index (χ0) is 18.5. The van der Waals surface area contributed by atoms with Crippen molar-refractivity contribution >= 4 is 5.91 Å². The summed E-state index contributed by atoms with van der Waals surface area (Å²) < 4.78 is 11.5. The summed E-state index contributed by atoms with van der Waals surface area (Å²) in [5.41, 5.74) is 3.65. The van der Waals surface area contributed by atoms with Gasteiger partial charge in [-0.2, -0.15) is 0 Å². The molecule has 2 heterocycles. The quantitative estimate of drug-likeness (QED) is 0.768. The topological polar surface area (TPSA) is 60.5 Å². The molecule has 1 N–H and O–H groups in total. The number of fused-ring (bicyclic) bond motifs is 1. The summed E-state index contributed by atoms with van der Waals surface area (Å²) in [7, 11) is 0. The number of nitrogens with one attached hydrogen (secondary N) is 1. The Morgan fingerprint density at radius 3 is 2.48 bits per heavy atom. The Morgan fingerprint density at radius 2 is 1.67 bits per heavy atom. The minimum atomic E-state index is -0.122. The smallest absolute Gasteiger partial charge is 0.251 e. The number of benzene rings is 2. The molecule has 1 aliphatic heterocycles. The molecule has 27 heavy (non-hydrogen) atoms. The summed E-state index contributed by atoms with van der Waals surface area (Å²) in [5, 5.41) is 2.96. The zero-order valence-corrected chi connectivity index (χ0v) is 14.9. The lowest BCUT2D eigenvalue weighted by Crippen LogP contribution is -2.23. The van der Waals surface area contributed by atoms with Crippen LogP contribution >= 0.6 is 0 Å². The molecular weight excluding hydrogens is 340 g/mol. The van der Waals surface area contributed by atoms with E-state index in [-0.39, 0.29) is 5.91 Å². The van der Waals surface area contributed by atoms with Gasteiger partial charge in [-0.05, 0) is 41.5 Å². The van der Waals surface area contributed by atoms with Crippen LogP contribution in [0, 0.1) is 0 Å². The van der Waals surface area contributed by atoms with Gasteiger partial charge in [0.1, 0.15) is 0 Å². The molecule has 0 bridgehead atoms. The fraction of sp³-hybridized carbons (Fsp3) is 0.182. The van der Waals surface area contributed by atoms with Crippen LogP contribution in [-0.4, -0.2) is 24.1 Å². The van der Waals surface area contributed by atoms with Crippen LogP contribution in [0.3, 0.4) is 0 Å². The van der Waals surface area contributed by atoms with Crippen molar-refractivity contribution < 1.29 is 14.3 Å². The first-order chi connectivity index (χ1) is 13.3. The maximum absolute atomic E-state index is 12.5. The molecule has 0 saturated heterocycles. The van der Waals surface area contributed by atoms with E-state index in [9.17, 15) is 4.79 Å². The highest BCUT2D eigenvalue weighted by Crippen LogP contribution is 2.33. The Bertz CT molecular complexity index is 924. The molecule has 1 aromatic heterocycles. The monoisotopic (exact) mass is 360 g/mol. The third kappa shape index (κ3) is 3.92. The number of ether oxygens (including phenoxy) is 2. The fourth-order valence-electron chi connectivity index (χ4n) is 3.03. The van der Waals surface area contributed by atoms with Gasteiger partial charge in [0, 0.05) is 36.5 Å². The molecule has 0 fully saturated rings. The summed E-state index contributed by atoms with van der Waals surface area (Å²) in [4.78, 5) is 16.5. The van der Waals surface area contributed by atoms with Gasteiger partial charge in [0.25, 0.3) is 5.91 Å². The van der Waals surface area contributed by atoms with Crippen LogP contribution in [0.1, 0.15) is 22.3 Å². The van der Waals surface area contributed by atoms with E-state index < -0.39 is 0 Å². The van der Waals surface area contributed by atoms with Crippen LogP contribution in [0.5, 0.6) is 11.5 Å². The van der Waals surface area contributed by atoms with Crippen molar-refractivity contribution in [3.05, 3.63) is 78.1 Å². The van der Waals surface area contributed by atoms with Crippen molar-refractivity contribution in [3.8, 4) is 22.6 Å². The van der Waals surface area contributed by atoms with Gasteiger partial charge in [-0.3, -0.25) is 9.78 Å². The highest BCUT2D eigenvalue weighted by Gasteiger charge is 2.15. The summed E-state index contributed by atoms with van der Waals surface area (Å²) in [6.07, 6.45) is 4.36. The Kier molecular flexibility index (Phi) is 5.01. The molecule has 0 unspecified atom stereocenters. The number of para-hydroxylation sites is 1. The second-order valence-corrected chi connectivity index (χ2v) is 6.29. The van der Waals surface area contributed by atoms with Crippen LogP contribution in [-0.2, 0) is 6.54 Å². The van der Waals surface area contributed by atoms with Crippen LogP contribution in [0.4, 0.5) is 0 Å². The Morgan fingerprint density at radius 1 is 0.926 bits per heavy atom. The molecule has 3 aromatic rings. The lowest BCUT2D eigenvalue weighted by atomic mass is 10.0. The average Bonchev–Trinajstić information content (AvgIpc) is 2.99. The highest BCUT2D eigenvalue weighted by atomic mass is 16.5. The first-order valence-corrected chi connectivity index (χ1v) is 8.97. The van der Waals surface area contributed by atoms with E-state index in [1.54, 1.807) is 12.4 Å². The molecule has 136 valence electrons. The van der Waals surface area contributed by atoms with Gasteiger partial charge >= 0.3 is 0 Å². The van der Waals surface area contributed by atoms with Crippen LogP contribution in [0.2, 0.25) is 0 Å². The number of carbonyl (C=O) groups excluding carboxylic acids is 1. The highest BCUT2D eigenvalue weighted by molar-refractivity contribution is 5.94. The van der Waals surface area contributed by atoms with Crippen molar-refractivity contribution in [1.82, 2.24) is 10.3 Å². The van der Waals surface area contributed by atoms with Crippen molar-refractivity contribution in [2.75, 3.05) is 13.2 Å². The molecule has 4 rings (SSSR count). The number of hydrogen-bond acceptors (Lipinski definition) is 4. The van der Waals surface area contributed by atoms with Gasteiger partial charge in [0.2, 0.25) is 0 Å². The lowest BCUT2D eigenvalue weighted by Gasteiger charge is -2.13. The molecule has 0 radical (unpaired) electrons. The Balaban J connectivity index is 1.44. The number of amides is 1. The van der Waals surface area contributed by atoms with Crippen molar-refractivity contribution in [1.29, 1.82) is 0 Å². The van der Waals surface area contributed by atoms with Crippen molar-refractivity contribution in [3.63, 3.8) is 0 Å². The summed E-state index contributed by atoms with van der Waals surface area (Å²) in [6.45, 7) is 1.65. The summed E-state index contributed by atoms with van der Waals surface area (Å²) >= 11 is 0. The van der Waals surface area contributed by atoms with E-state index in [0.29, 0.717) is 25.3 Å². The number of aromatic nitrogens is 1. The zero-order valence-electron chi connectivity index (χ0n) is 14.9. The van der Waals surface area contributed by atoms with E-state index in [4.69, 9.17) is 9.47 Å². The molecule has 0 aliphatic carbocycles. The van der Waals surface area contributed by atoms with Gasteiger partial charge in [-0.25, -0.2) is 0 Å². The van der Waals surface area contributed by atoms with E-state index in [1.807, 2.05) is 54.6 Å². The van der Waals surface area contributed by atoms with E-state index in [2.05, 4.69) is 10.3 Å². The van der Waals surface area contributed by atoms with E-state index in [1.165, 1.54) is 0 Å².